The van der Waals surface area contributed by atoms with Gasteiger partial charge >= 0.3 is 7.12 Å². The van der Waals surface area contributed by atoms with E-state index in [1.165, 1.54) is 6.42 Å². The summed E-state index contributed by atoms with van der Waals surface area (Å²) in [7, 11) is -1.44. The average molecular weight is 277 g/mol. The lowest BCUT2D eigenvalue weighted by atomic mass is 9.80. The van der Waals surface area contributed by atoms with Crippen molar-refractivity contribution in [2.45, 2.75) is 20.3 Å². The van der Waals surface area contributed by atoms with Crippen LogP contribution in [0, 0.1) is 11.8 Å². The van der Waals surface area contributed by atoms with Crippen LogP contribution in [0.1, 0.15) is 20.3 Å². The van der Waals surface area contributed by atoms with Crippen LogP contribution in [0.2, 0.25) is 0 Å². The lowest BCUT2D eigenvalue weighted by molar-refractivity contribution is 0.227. The molecule has 2 rings (SSSR count). The van der Waals surface area contributed by atoms with E-state index in [2.05, 4.69) is 18.7 Å². The second-order valence-corrected chi connectivity index (χ2v) is 5.89. The van der Waals surface area contributed by atoms with Crippen molar-refractivity contribution in [2.75, 3.05) is 26.2 Å². The molecule has 0 saturated carbocycles. The fourth-order valence-electron chi connectivity index (χ4n) is 2.67. The average Bonchev–Trinajstić information content (AvgIpc) is 2.88. The Labute approximate surface area is 121 Å². The van der Waals surface area contributed by atoms with Gasteiger partial charge in [-0.15, -0.1) is 0 Å². The molecule has 0 aromatic heterocycles. The predicted octanol–water partition coefficient (Wildman–Crippen LogP) is 0.723. The first-order chi connectivity index (χ1) is 9.56. The van der Waals surface area contributed by atoms with Gasteiger partial charge in [-0.2, -0.15) is 0 Å². The van der Waals surface area contributed by atoms with Gasteiger partial charge in [0.2, 0.25) is 0 Å². The minimum atomic E-state index is -1.44. The fraction of sp³-hybridized carbons (Fsp3) is 0.600. The van der Waals surface area contributed by atoms with Crippen molar-refractivity contribution in [3.63, 3.8) is 0 Å². The monoisotopic (exact) mass is 277 g/mol. The normalized spacial score (nSPS) is 19.6. The summed E-state index contributed by atoms with van der Waals surface area (Å²) in [6.45, 7) is 8.45. The Hall–Kier alpha value is -1.04. The molecule has 5 heteroatoms. The highest BCUT2D eigenvalue weighted by atomic mass is 16.5. The maximum absolute atomic E-state index is 9.12. The number of nitrogens with zero attached hydrogens (tertiary/aromatic N) is 1. The molecule has 0 aliphatic carbocycles. The SMILES string of the molecule is CC(C)C1CCN(CCOc2cccc(B(O)O)c2)C1. The number of likely N-dealkylation sites (tertiary alicyclic amines) is 1. The van der Waals surface area contributed by atoms with Crippen LogP contribution in [0.25, 0.3) is 0 Å². The maximum atomic E-state index is 9.12. The van der Waals surface area contributed by atoms with Gasteiger partial charge in [0.05, 0.1) is 0 Å². The van der Waals surface area contributed by atoms with Crippen LogP contribution in [0.5, 0.6) is 5.75 Å². The summed E-state index contributed by atoms with van der Waals surface area (Å²) in [6, 6.07) is 6.96. The summed E-state index contributed by atoms with van der Waals surface area (Å²) >= 11 is 0. The minimum absolute atomic E-state index is 0.462. The first-order valence-electron chi connectivity index (χ1n) is 7.37. The summed E-state index contributed by atoms with van der Waals surface area (Å²) < 4.78 is 5.69. The molecule has 0 radical (unpaired) electrons. The molecule has 4 nitrogen and oxygen atoms in total. The highest BCUT2D eigenvalue weighted by Crippen LogP contribution is 2.23. The van der Waals surface area contributed by atoms with E-state index in [9.17, 15) is 0 Å². The molecule has 1 unspecified atom stereocenters. The molecule has 0 bridgehead atoms. The molecule has 1 aliphatic rings. The van der Waals surface area contributed by atoms with Gasteiger partial charge < -0.3 is 14.8 Å². The van der Waals surface area contributed by atoms with Gasteiger partial charge in [0.15, 0.2) is 0 Å². The Balaban J connectivity index is 1.75. The number of ether oxygens (including phenoxy) is 1. The third kappa shape index (κ3) is 4.23. The summed E-state index contributed by atoms with van der Waals surface area (Å²) in [5.74, 6) is 2.25. The van der Waals surface area contributed by atoms with Crippen LogP contribution in [-0.2, 0) is 0 Å². The van der Waals surface area contributed by atoms with Crippen molar-refractivity contribution < 1.29 is 14.8 Å². The largest absolute Gasteiger partial charge is 0.492 e. The van der Waals surface area contributed by atoms with E-state index in [1.54, 1.807) is 18.2 Å². The van der Waals surface area contributed by atoms with Gasteiger partial charge in [0.25, 0.3) is 0 Å². The number of hydrogen-bond donors (Lipinski definition) is 2. The van der Waals surface area contributed by atoms with Crippen molar-refractivity contribution in [1.29, 1.82) is 0 Å². The van der Waals surface area contributed by atoms with Gasteiger partial charge in [-0.05, 0) is 42.4 Å². The third-order valence-electron chi connectivity index (χ3n) is 4.08. The van der Waals surface area contributed by atoms with E-state index >= 15 is 0 Å². The van der Waals surface area contributed by atoms with Crippen LogP contribution < -0.4 is 10.2 Å². The van der Waals surface area contributed by atoms with E-state index in [-0.39, 0.29) is 0 Å². The van der Waals surface area contributed by atoms with Gasteiger partial charge in [-0.3, -0.25) is 4.90 Å². The quantitative estimate of drug-likeness (QED) is 0.752. The summed E-state index contributed by atoms with van der Waals surface area (Å²) in [5, 5.41) is 18.2. The van der Waals surface area contributed by atoms with Crippen LogP contribution in [0.4, 0.5) is 0 Å². The molecule has 1 atom stereocenters. The Morgan fingerprint density at radius 1 is 1.40 bits per heavy atom. The second-order valence-electron chi connectivity index (χ2n) is 5.89. The minimum Gasteiger partial charge on any atom is -0.492 e. The molecule has 1 saturated heterocycles. The lowest BCUT2D eigenvalue weighted by Gasteiger charge is -2.18. The molecule has 1 fully saturated rings. The first kappa shape index (κ1) is 15.4. The molecule has 1 aromatic carbocycles. The Bertz CT molecular complexity index is 425. The highest BCUT2D eigenvalue weighted by Gasteiger charge is 2.24. The molecule has 1 aliphatic heterocycles. The van der Waals surface area contributed by atoms with Crippen LogP contribution in [0.15, 0.2) is 24.3 Å². The van der Waals surface area contributed by atoms with Gasteiger partial charge in [-0.25, -0.2) is 0 Å². The van der Waals surface area contributed by atoms with Crippen LogP contribution in [0.3, 0.4) is 0 Å². The van der Waals surface area contributed by atoms with Crippen molar-refractivity contribution in [3.8, 4) is 5.75 Å². The summed E-state index contributed by atoms with van der Waals surface area (Å²) in [6.07, 6.45) is 1.28. The molecule has 1 heterocycles. The zero-order valence-corrected chi connectivity index (χ0v) is 12.3. The molecule has 110 valence electrons. The Morgan fingerprint density at radius 2 is 2.20 bits per heavy atom. The van der Waals surface area contributed by atoms with E-state index in [0.717, 1.165) is 31.5 Å². The molecular weight excluding hydrogens is 253 g/mol. The molecule has 0 amide bonds. The van der Waals surface area contributed by atoms with E-state index in [4.69, 9.17) is 14.8 Å². The number of hydrogen-bond acceptors (Lipinski definition) is 4. The van der Waals surface area contributed by atoms with E-state index in [0.29, 0.717) is 17.8 Å². The van der Waals surface area contributed by atoms with Crippen LogP contribution >= 0.6 is 0 Å². The molecule has 0 spiro atoms. The number of rotatable bonds is 6. The molecular formula is C15H24BNO3. The van der Waals surface area contributed by atoms with E-state index < -0.39 is 7.12 Å². The topological polar surface area (TPSA) is 52.9 Å². The zero-order chi connectivity index (χ0) is 14.5. The summed E-state index contributed by atoms with van der Waals surface area (Å²) in [4.78, 5) is 2.44. The number of benzene rings is 1. The fourth-order valence-corrected chi connectivity index (χ4v) is 2.67. The van der Waals surface area contributed by atoms with Gasteiger partial charge in [0.1, 0.15) is 12.4 Å². The first-order valence-corrected chi connectivity index (χ1v) is 7.37. The molecule has 20 heavy (non-hydrogen) atoms. The standard InChI is InChI=1S/C15H24BNO3/c1-12(2)13-6-7-17(11-13)8-9-20-15-5-3-4-14(10-15)16(18)19/h3-5,10,12-13,18-19H,6-9,11H2,1-2H3. The lowest BCUT2D eigenvalue weighted by Crippen LogP contribution is -2.30. The molecule has 1 aromatic rings. The van der Waals surface area contributed by atoms with Gasteiger partial charge in [-0.1, -0.05) is 26.0 Å². The zero-order valence-electron chi connectivity index (χ0n) is 12.3. The van der Waals surface area contributed by atoms with Crippen molar-refractivity contribution >= 4 is 12.6 Å². The van der Waals surface area contributed by atoms with Crippen molar-refractivity contribution in [1.82, 2.24) is 4.90 Å². The van der Waals surface area contributed by atoms with Crippen molar-refractivity contribution in [3.05, 3.63) is 24.3 Å². The van der Waals surface area contributed by atoms with Gasteiger partial charge in [0, 0.05) is 13.1 Å². The maximum Gasteiger partial charge on any atom is 0.488 e. The second kappa shape index (κ2) is 7.11. The molecule has 2 N–H and O–H groups in total. The van der Waals surface area contributed by atoms with Crippen molar-refractivity contribution in [2.24, 2.45) is 11.8 Å². The highest BCUT2D eigenvalue weighted by molar-refractivity contribution is 6.58. The smallest absolute Gasteiger partial charge is 0.488 e. The van der Waals surface area contributed by atoms with E-state index in [1.807, 2.05) is 6.07 Å². The predicted molar refractivity (Wildman–Crippen MR) is 81.1 cm³/mol. The third-order valence-corrected chi connectivity index (χ3v) is 4.08. The summed E-state index contributed by atoms with van der Waals surface area (Å²) in [5.41, 5.74) is 0.462. The van der Waals surface area contributed by atoms with Crippen LogP contribution in [-0.4, -0.2) is 48.3 Å². The Morgan fingerprint density at radius 3 is 2.85 bits per heavy atom. The Kier molecular flexibility index (Phi) is 5.46.